The van der Waals surface area contributed by atoms with Crippen LogP contribution in [0.1, 0.15) is 5.56 Å². The van der Waals surface area contributed by atoms with Gasteiger partial charge in [-0.05, 0) is 11.6 Å². The minimum atomic E-state index is -0.458. The van der Waals surface area contributed by atoms with E-state index < -0.39 is 4.92 Å². The normalized spacial score (nSPS) is 17.6. The van der Waals surface area contributed by atoms with Gasteiger partial charge in [0, 0.05) is 41.8 Å². The second-order valence-electron chi connectivity index (χ2n) is 3.73. The minimum Gasteiger partial charge on any atom is -0.364 e. The number of halogens is 2. The summed E-state index contributed by atoms with van der Waals surface area (Å²) in [4.78, 5) is 16.1. The van der Waals surface area contributed by atoms with Gasteiger partial charge in [-0.2, -0.15) is 0 Å². The third-order valence-electron chi connectivity index (χ3n) is 2.51. The summed E-state index contributed by atoms with van der Waals surface area (Å²) in [6, 6.07) is 3.55. The summed E-state index contributed by atoms with van der Waals surface area (Å²) < 4.78 is -0.0538. The average Bonchev–Trinajstić information content (AvgIpc) is 2.79. The van der Waals surface area contributed by atoms with Crippen molar-refractivity contribution in [3.63, 3.8) is 0 Å². The topological polar surface area (TPSA) is 71.3 Å². The first-order valence-electron chi connectivity index (χ1n) is 5.21. The maximum Gasteiger partial charge on any atom is 0.350 e. The fourth-order valence-electron chi connectivity index (χ4n) is 1.70. The lowest BCUT2D eigenvalue weighted by atomic mass is 10.2. The Morgan fingerprint density at radius 3 is 3.06 bits per heavy atom. The van der Waals surface area contributed by atoms with Gasteiger partial charge in [0.05, 0.1) is 4.92 Å². The number of hydrogen-bond acceptors (Lipinski definition) is 5. The minimum absolute atomic E-state index is 0.0538. The molecule has 6 nitrogen and oxygen atoms in total. The lowest BCUT2D eigenvalue weighted by Crippen LogP contribution is -2.22. The van der Waals surface area contributed by atoms with Crippen molar-refractivity contribution in [2.24, 2.45) is 0 Å². The molecule has 1 aromatic heterocycles. The molecule has 0 bridgehead atoms. The Kier molecular flexibility index (Phi) is 4.03. The lowest BCUT2D eigenvalue weighted by molar-refractivity contribution is -0.411. The van der Waals surface area contributed by atoms with Gasteiger partial charge in [0.2, 0.25) is 0 Å². The zero-order valence-electron chi connectivity index (χ0n) is 9.27. The molecule has 0 saturated carbocycles. The predicted molar refractivity (Wildman–Crippen MR) is 70.6 cm³/mol. The van der Waals surface area contributed by atoms with Crippen LogP contribution < -0.4 is 5.32 Å². The number of pyridine rings is 1. The number of nitrogens with zero attached hydrogens (tertiary/aromatic N) is 3. The maximum atomic E-state index is 10.7. The van der Waals surface area contributed by atoms with Crippen molar-refractivity contribution in [3.05, 3.63) is 49.6 Å². The quantitative estimate of drug-likeness (QED) is 0.396. The van der Waals surface area contributed by atoms with Crippen LogP contribution in [0.15, 0.2) is 28.8 Å². The summed E-state index contributed by atoms with van der Waals surface area (Å²) in [5, 5.41) is 14.2. The molecule has 1 fully saturated rings. The molecule has 18 heavy (non-hydrogen) atoms. The van der Waals surface area contributed by atoms with Crippen molar-refractivity contribution in [1.29, 1.82) is 0 Å². The van der Waals surface area contributed by atoms with E-state index in [2.05, 4.69) is 26.2 Å². The standard InChI is InChI=1S/C10H10BrClN4O2/c11-9(16(17)18)10-13-3-4-15(10)6-7-1-2-8(12)14-5-7/h1-2,5,13H,3-4,6H2. The zero-order chi connectivity index (χ0) is 13.1. The van der Waals surface area contributed by atoms with Crippen LogP contribution in [0.4, 0.5) is 0 Å². The highest BCUT2D eigenvalue weighted by Gasteiger charge is 2.25. The van der Waals surface area contributed by atoms with Gasteiger partial charge in [0.25, 0.3) is 0 Å². The smallest absolute Gasteiger partial charge is 0.350 e. The van der Waals surface area contributed by atoms with Crippen LogP contribution in [-0.4, -0.2) is 27.9 Å². The van der Waals surface area contributed by atoms with Crippen LogP contribution in [-0.2, 0) is 6.54 Å². The summed E-state index contributed by atoms with van der Waals surface area (Å²) >= 11 is 8.68. The first-order chi connectivity index (χ1) is 8.58. The highest BCUT2D eigenvalue weighted by Crippen LogP contribution is 2.20. The third-order valence-corrected chi connectivity index (χ3v) is 3.40. The van der Waals surface area contributed by atoms with Crippen LogP contribution in [0.25, 0.3) is 0 Å². The van der Waals surface area contributed by atoms with E-state index in [1.807, 2.05) is 11.0 Å². The molecule has 2 rings (SSSR count). The molecule has 96 valence electrons. The molecular formula is C10H10BrClN4O2. The second kappa shape index (κ2) is 5.53. The van der Waals surface area contributed by atoms with Gasteiger partial charge in [-0.1, -0.05) is 17.7 Å². The molecule has 1 aliphatic rings. The SMILES string of the molecule is O=[N+]([O-])C(Br)=C1NCCN1Cc1ccc(Cl)nc1. The van der Waals surface area contributed by atoms with Gasteiger partial charge in [0.1, 0.15) is 5.15 Å². The molecule has 0 spiro atoms. The van der Waals surface area contributed by atoms with E-state index >= 15 is 0 Å². The highest BCUT2D eigenvalue weighted by atomic mass is 79.9. The molecule has 0 amide bonds. The van der Waals surface area contributed by atoms with Crippen LogP contribution in [0.2, 0.25) is 5.15 Å². The maximum absolute atomic E-state index is 10.7. The van der Waals surface area contributed by atoms with Gasteiger partial charge in [-0.3, -0.25) is 10.1 Å². The molecule has 0 radical (unpaired) electrons. The molecule has 0 unspecified atom stereocenters. The van der Waals surface area contributed by atoms with Gasteiger partial charge in [-0.15, -0.1) is 0 Å². The number of nitrogens with one attached hydrogen (secondary N) is 1. The Morgan fingerprint density at radius 1 is 1.67 bits per heavy atom. The summed E-state index contributed by atoms with van der Waals surface area (Å²) in [6.45, 7) is 1.94. The Hall–Kier alpha value is -1.34. The molecule has 1 aromatic rings. The Bertz CT molecular complexity index is 491. The van der Waals surface area contributed by atoms with Crippen molar-refractivity contribution >= 4 is 27.5 Å². The van der Waals surface area contributed by atoms with Crippen LogP contribution in [0.5, 0.6) is 0 Å². The van der Waals surface area contributed by atoms with Crippen molar-refractivity contribution in [1.82, 2.24) is 15.2 Å². The van der Waals surface area contributed by atoms with Crippen molar-refractivity contribution in [2.75, 3.05) is 13.1 Å². The van der Waals surface area contributed by atoms with Gasteiger partial charge in [0.15, 0.2) is 5.82 Å². The molecular weight excluding hydrogens is 323 g/mol. The molecule has 2 heterocycles. The molecule has 8 heteroatoms. The second-order valence-corrected chi connectivity index (χ2v) is 4.87. The van der Waals surface area contributed by atoms with Crippen molar-refractivity contribution in [3.8, 4) is 0 Å². The molecule has 0 aliphatic carbocycles. The lowest BCUT2D eigenvalue weighted by Gasteiger charge is -2.17. The number of aromatic nitrogens is 1. The van der Waals surface area contributed by atoms with Gasteiger partial charge >= 0.3 is 4.61 Å². The van der Waals surface area contributed by atoms with E-state index in [9.17, 15) is 10.1 Å². The summed E-state index contributed by atoms with van der Waals surface area (Å²) in [7, 11) is 0. The van der Waals surface area contributed by atoms with E-state index in [-0.39, 0.29) is 4.61 Å². The molecule has 1 N–H and O–H groups in total. The van der Waals surface area contributed by atoms with E-state index in [0.717, 1.165) is 5.56 Å². The van der Waals surface area contributed by atoms with Crippen molar-refractivity contribution in [2.45, 2.75) is 6.54 Å². The monoisotopic (exact) mass is 332 g/mol. The van der Waals surface area contributed by atoms with Crippen LogP contribution in [0, 0.1) is 10.1 Å². The van der Waals surface area contributed by atoms with E-state index in [4.69, 9.17) is 11.6 Å². The molecule has 1 aliphatic heterocycles. The first kappa shape index (κ1) is 13.1. The third kappa shape index (κ3) is 2.91. The molecule has 0 atom stereocenters. The number of nitro groups is 1. The first-order valence-corrected chi connectivity index (χ1v) is 6.38. The van der Waals surface area contributed by atoms with E-state index in [1.165, 1.54) is 0 Å². The summed E-state index contributed by atoms with van der Waals surface area (Å²) in [5.74, 6) is 0.495. The van der Waals surface area contributed by atoms with E-state index in [1.54, 1.807) is 12.3 Å². The fourth-order valence-corrected chi connectivity index (χ4v) is 2.20. The summed E-state index contributed by atoms with van der Waals surface area (Å²) in [6.07, 6.45) is 1.67. The Balaban J connectivity index is 2.16. The average molecular weight is 334 g/mol. The summed E-state index contributed by atoms with van der Waals surface area (Å²) in [5.41, 5.74) is 0.948. The predicted octanol–water partition coefficient (Wildman–Crippen LogP) is 1.94. The Labute approximate surface area is 117 Å². The van der Waals surface area contributed by atoms with Gasteiger partial charge < -0.3 is 10.2 Å². The zero-order valence-corrected chi connectivity index (χ0v) is 11.6. The largest absolute Gasteiger partial charge is 0.364 e. The van der Waals surface area contributed by atoms with E-state index in [0.29, 0.717) is 30.6 Å². The number of hydrogen-bond donors (Lipinski definition) is 1. The van der Waals surface area contributed by atoms with Gasteiger partial charge in [-0.25, -0.2) is 4.98 Å². The molecule has 0 aromatic carbocycles. The Morgan fingerprint density at radius 2 is 2.44 bits per heavy atom. The van der Waals surface area contributed by atoms with Crippen molar-refractivity contribution < 1.29 is 4.92 Å². The van der Waals surface area contributed by atoms with Crippen LogP contribution in [0.3, 0.4) is 0 Å². The fraction of sp³-hybridized carbons (Fsp3) is 0.300. The number of rotatable bonds is 3. The highest BCUT2D eigenvalue weighted by molar-refractivity contribution is 9.11. The van der Waals surface area contributed by atoms with Crippen LogP contribution >= 0.6 is 27.5 Å². The molecule has 1 saturated heterocycles.